The minimum Gasteiger partial charge on any atom is -0.388 e. The lowest BCUT2D eigenvalue weighted by atomic mass is 10.1. The van der Waals surface area contributed by atoms with Crippen molar-refractivity contribution in [3.05, 3.63) is 33.8 Å². The van der Waals surface area contributed by atoms with Gasteiger partial charge >= 0.3 is 0 Å². The van der Waals surface area contributed by atoms with Crippen molar-refractivity contribution < 1.29 is 5.11 Å². The van der Waals surface area contributed by atoms with Crippen LogP contribution in [0.15, 0.2) is 18.2 Å². The summed E-state index contributed by atoms with van der Waals surface area (Å²) in [6, 6.07) is 5.20. The number of aliphatic hydroxyl groups is 1. The maximum atomic E-state index is 9.82. The molecule has 1 saturated carbocycles. The Balaban J connectivity index is 2.31. The molecular weight excluding hydrogens is 207 g/mol. The second-order valence-electron chi connectivity index (χ2n) is 3.45. The highest BCUT2D eigenvalue weighted by Crippen LogP contribution is 2.43. The van der Waals surface area contributed by atoms with E-state index in [4.69, 9.17) is 23.2 Å². The molecule has 13 heavy (non-hydrogen) atoms. The summed E-state index contributed by atoms with van der Waals surface area (Å²) in [7, 11) is 0. The topological polar surface area (TPSA) is 20.2 Å². The molecule has 0 radical (unpaired) electrons. The van der Waals surface area contributed by atoms with Crippen LogP contribution in [-0.4, -0.2) is 5.11 Å². The molecule has 1 aliphatic rings. The van der Waals surface area contributed by atoms with Gasteiger partial charge in [-0.05, 0) is 37.0 Å². The van der Waals surface area contributed by atoms with Crippen LogP contribution in [-0.2, 0) is 0 Å². The molecule has 1 fully saturated rings. The maximum absolute atomic E-state index is 9.82. The fourth-order valence-corrected chi connectivity index (χ4v) is 1.82. The Bertz CT molecular complexity index is 321. The van der Waals surface area contributed by atoms with Crippen molar-refractivity contribution in [3.63, 3.8) is 0 Å². The lowest BCUT2D eigenvalue weighted by Crippen LogP contribution is -2.00. The van der Waals surface area contributed by atoms with Gasteiger partial charge in [0.05, 0.1) is 6.10 Å². The second-order valence-corrected chi connectivity index (χ2v) is 4.29. The van der Waals surface area contributed by atoms with E-state index >= 15 is 0 Å². The van der Waals surface area contributed by atoms with Gasteiger partial charge in [0.25, 0.3) is 0 Å². The molecule has 1 atom stereocenters. The fourth-order valence-electron chi connectivity index (χ4n) is 1.41. The number of halogens is 2. The molecule has 0 aromatic heterocycles. The average Bonchev–Trinajstić information content (AvgIpc) is 2.91. The van der Waals surface area contributed by atoms with Crippen molar-refractivity contribution in [2.24, 2.45) is 5.92 Å². The predicted octanol–water partition coefficient (Wildman–Crippen LogP) is 3.44. The summed E-state index contributed by atoms with van der Waals surface area (Å²) in [5.41, 5.74) is 0.761. The highest BCUT2D eigenvalue weighted by Gasteiger charge is 2.31. The van der Waals surface area contributed by atoms with Crippen LogP contribution in [0.5, 0.6) is 0 Å². The lowest BCUT2D eigenvalue weighted by molar-refractivity contribution is 0.154. The summed E-state index contributed by atoms with van der Waals surface area (Å²) in [5, 5.41) is 11.0. The van der Waals surface area contributed by atoms with E-state index in [0.29, 0.717) is 16.0 Å². The van der Waals surface area contributed by atoms with E-state index in [2.05, 4.69) is 0 Å². The monoisotopic (exact) mass is 216 g/mol. The minimum absolute atomic E-state index is 0.385. The summed E-state index contributed by atoms with van der Waals surface area (Å²) >= 11 is 11.8. The minimum atomic E-state index is -0.439. The van der Waals surface area contributed by atoms with Gasteiger partial charge in [-0.1, -0.05) is 23.2 Å². The van der Waals surface area contributed by atoms with Crippen LogP contribution in [0.1, 0.15) is 24.5 Å². The molecule has 0 heterocycles. The van der Waals surface area contributed by atoms with Gasteiger partial charge in [0.15, 0.2) is 0 Å². The molecule has 0 amide bonds. The molecule has 1 unspecified atom stereocenters. The SMILES string of the molecule is OC(c1cc(Cl)ccc1Cl)C1CC1. The highest BCUT2D eigenvalue weighted by atomic mass is 35.5. The van der Waals surface area contributed by atoms with E-state index in [1.165, 1.54) is 0 Å². The first kappa shape index (κ1) is 9.32. The predicted molar refractivity (Wildman–Crippen MR) is 54.1 cm³/mol. The van der Waals surface area contributed by atoms with Crippen LogP contribution in [0, 0.1) is 5.92 Å². The van der Waals surface area contributed by atoms with E-state index in [9.17, 15) is 5.11 Å². The normalized spacial score (nSPS) is 18.7. The molecule has 1 aliphatic carbocycles. The molecule has 0 spiro atoms. The second kappa shape index (κ2) is 3.49. The highest BCUT2D eigenvalue weighted by molar-refractivity contribution is 6.33. The Kier molecular flexibility index (Phi) is 2.50. The molecule has 1 N–H and O–H groups in total. The van der Waals surface area contributed by atoms with Crippen LogP contribution in [0.4, 0.5) is 0 Å². The Labute approximate surface area is 87.3 Å². The summed E-state index contributed by atoms with van der Waals surface area (Å²) in [6.45, 7) is 0. The molecular formula is C10H10Cl2O. The van der Waals surface area contributed by atoms with Crippen LogP contribution in [0.3, 0.4) is 0 Å². The Morgan fingerprint density at radius 3 is 2.62 bits per heavy atom. The zero-order valence-electron chi connectivity index (χ0n) is 7.00. The van der Waals surface area contributed by atoms with Crippen LogP contribution in [0.25, 0.3) is 0 Å². The molecule has 1 aromatic rings. The zero-order valence-corrected chi connectivity index (χ0v) is 8.52. The van der Waals surface area contributed by atoms with Gasteiger partial charge in [-0.3, -0.25) is 0 Å². The lowest BCUT2D eigenvalue weighted by Gasteiger charge is -2.11. The number of hydrogen-bond acceptors (Lipinski definition) is 1. The van der Waals surface area contributed by atoms with E-state index in [1.54, 1.807) is 18.2 Å². The smallest absolute Gasteiger partial charge is 0.0833 e. The van der Waals surface area contributed by atoms with Gasteiger partial charge in [0.1, 0.15) is 0 Å². The molecule has 2 rings (SSSR count). The largest absolute Gasteiger partial charge is 0.388 e. The summed E-state index contributed by atoms with van der Waals surface area (Å²) in [6.07, 6.45) is 1.74. The van der Waals surface area contributed by atoms with Gasteiger partial charge in [-0.15, -0.1) is 0 Å². The fraction of sp³-hybridized carbons (Fsp3) is 0.400. The first-order valence-corrected chi connectivity index (χ1v) is 5.07. The molecule has 0 bridgehead atoms. The third-order valence-corrected chi connectivity index (χ3v) is 2.92. The third-order valence-electron chi connectivity index (χ3n) is 2.35. The first-order chi connectivity index (χ1) is 6.18. The van der Waals surface area contributed by atoms with Crippen molar-refractivity contribution in [2.75, 3.05) is 0 Å². The van der Waals surface area contributed by atoms with Crippen molar-refractivity contribution in [2.45, 2.75) is 18.9 Å². The molecule has 0 aliphatic heterocycles. The Morgan fingerprint density at radius 1 is 1.31 bits per heavy atom. The van der Waals surface area contributed by atoms with Gasteiger partial charge in [-0.25, -0.2) is 0 Å². The zero-order chi connectivity index (χ0) is 9.42. The van der Waals surface area contributed by atoms with E-state index < -0.39 is 6.10 Å². The van der Waals surface area contributed by atoms with Crippen LogP contribution < -0.4 is 0 Å². The van der Waals surface area contributed by atoms with E-state index in [0.717, 1.165) is 18.4 Å². The van der Waals surface area contributed by atoms with Gasteiger partial charge in [0, 0.05) is 15.6 Å². The summed E-state index contributed by atoms with van der Waals surface area (Å²) in [4.78, 5) is 0. The third kappa shape index (κ3) is 1.98. The molecule has 0 saturated heterocycles. The van der Waals surface area contributed by atoms with Gasteiger partial charge < -0.3 is 5.11 Å². The number of rotatable bonds is 2. The molecule has 1 nitrogen and oxygen atoms in total. The van der Waals surface area contributed by atoms with Crippen molar-refractivity contribution in [3.8, 4) is 0 Å². The molecule has 1 aromatic carbocycles. The van der Waals surface area contributed by atoms with Gasteiger partial charge in [0.2, 0.25) is 0 Å². The standard InChI is InChI=1S/C10H10Cl2O/c11-7-3-4-9(12)8(5-7)10(13)6-1-2-6/h3-6,10,13H,1-2H2. The van der Waals surface area contributed by atoms with E-state index in [1.807, 2.05) is 0 Å². The summed E-state index contributed by atoms with van der Waals surface area (Å²) < 4.78 is 0. The average molecular weight is 217 g/mol. The van der Waals surface area contributed by atoms with Gasteiger partial charge in [-0.2, -0.15) is 0 Å². The van der Waals surface area contributed by atoms with E-state index in [-0.39, 0.29) is 0 Å². The number of aliphatic hydroxyl groups excluding tert-OH is 1. The first-order valence-electron chi connectivity index (χ1n) is 4.31. The molecule has 3 heteroatoms. The number of benzene rings is 1. The maximum Gasteiger partial charge on any atom is 0.0833 e. The van der Waals surface area contributed by atoms with Crippen molar-refractivity contribution >= 4 is 23.2 Å². The Hall–Kier alpha value is -0.240. The van der Waals surface area contributed by atoms with Crippen molar-refractivity contribution in [1.82, 2.24) is 0 Å². The van der Waals surface area contributed by atoms with Crippen LogP contribution in [0.2, 0.25) is 10.0 Å². The number of hydrogen-bond donors (Lipinski definition) is 1. The van der Waals surface area contributed by atoms with Crippen molar-refractivity contribution in [1.29, 1.82) is 0 Å². The van der Waals surface area contributed by atoms with Crippen LogP contribution >= 0.6 is 23.2 Å². The molecule has 70 valence electrons. The summed E-state index contributed by atoms with van der Waals surface area (Å²) in [5.74, 6) is 0.385. The quantitative estimate of drug-likeness (QED) is 0.804. The Morgan fingerprint density at radius 2 is 2.00 bits per heavy atom.